The van der Waals surface area contributed by atoms with Crippen molar-refractivity contribution < 1.29 is 23.4 Å². The minimum Gasteiger partial charge on any atom is -0.479 e. The number of ether oxygens (including phenoxy) is 1. The van der Waals surface area contributed by atoms with Crippen molar-refractivity contribution in [3.63, 3.8) is 0 Å². The van der Waals surface area contributed by atoms with Gasteiger partial charge < -0.3 is 9.84 Å². The Labute approximate surface area is 74.7 Å². The minimum absolute atomic E-state index is 0.119. The minimum atomic E-state index is -2.72. The number of hydrogen-bond acceptors (Lipinski definition) is 2. The van der Waals surface area contributed by atoms with Crippen molar-refractivity contribution in [2.75, 3.05) is 7.11 Å². The van der Waals surface area contributed by atoms with Gasteiger partial charge in [0.05, 0.1) is 0 Å². The maximum Gasteiger partial charge on any atom is 0.335 e. The van der Waals surface area contributed by atoms with E-state index in [1.807, 2.05) is 0 Å². The van der Waals surface area contributed by atoms with E-state index < -0.39 is 30.3 Å². The summed E-state index contributed by atoms with van der Waals surface area (Å²) in [5.41, 5.74) is -1.39. The number of hydrogen-bond donors (Lipinski definition) is 1. The summed E-state index contributed by atoms with van der Waals surface area (Å²) in [4.78, 5) is 10.7. The van der Waals surface area contributed by atoms with Crippen molar-refractivity contribution in [2.45, 2.75) is 37.2 Å². The molecular weight excluding hydrogens is 182 g/mol. The molecule has 0 unspecified atom stereocenters. The molecule has 0 aliphatic heterocycles. The Morgan fingerprint density at radius 2 is 1.77 bits per heavy atom. The highest BCUT2D eigenvalue weighted by atomic mass is 19.3. The molecule has 0 radical (unpaired) electrons. The number of alkyl halides is 2. The molecule has 0 aromatic heterocycles. The quantitative estimate of drug-likeness (QED) is 0.727. The highest BCUT2D eigenvalue weighted by Crippen LogP contribution is 2.40. The Hall–Kier alpha value is -0.710. The summed E-state index contributed by atoms with van der Waals surface area (Å²) < 4.78 is 30.2. The van der Waals surface area contributed by atoms with E-state index >= 15 is 0 Å². The van der Waals surface area contributed by atoms with Crippen LogP contribution >= 0.6 is 0 Å². The third-order valence-corrected chi connectivity index (χ3v) is 2.57. The van der Waals surface area contributed by atoms with Gasteiger partial charge in [-0.3, -0.25) is 0 Å². The molecule has 3 nitrogen and oxygen atoms in total. The molecule has 13 heavy (non-hydrogen) atoms. The van der Waals surface area contributed by atoms with E-state index in [-0.39, 0.29) is 12.8 Å². The van der Waals surface area contributed by atoms with Crippen LogP contribution in [0.4, 0.5) is 8.78 Å². The third kappa shape index (κ3) is 1.96. The highest BCUT2D eigenvalue weighted by molar-refractivity contribution is 5.77. The van der Waals surface area contributed by atoms with Gasteiger partial charge in [0.25, 0.3) is 0 Å². The van der Waals surface area contributed by atoms with Gasteiger partial charge in [-0.1, -0.05) is 0 Å². The number of aliphatic carboxylic acids is 1. The Morgan fingerprint density at radius 1 is 1.31 bits per heavy atom. The predicted molar refractivity (Wildman–Crippen MR) is 40.8 cm³/mol. The molecule has 0 spiro atoms. The van der Waals surface area contributed by atoms with Crippen LogP contribution in [0.15, 0.2) is 0 Å². The van der Waals surface area contributed by atoms with Crippen molar-refractivity contribution in [1.82, 2.24) is 0 Å². The SMILES string of the molecule is COC1(C(=O)O)CCC(F)(F)CC1. The van der Waals surface area contributed by atoms with Gasteiger partial charge in [0.2, 0.25) is 5.92 Å². The zero-order valence-corrected chi connectivity index (χ0v) is 7.35. The number of rotatable bonds is 2. The fraction of sp³-hybridized carbons (Fsp3) is 0.875. The van der Waals surface area contributed by atoms with E-state index in [0.717, 1.165) is 0 Å². The smallest absolute Gasteiger partial charge is 0.335 e. The lowest BCUT2D eigenvalue weighted by Gasteiger charge is -2.35. The van der Waals surface area contributed by atoms with Gasteiger partial charge in [0, 0.05) is 20.0 Å². The molecule has 0 aromatic carbocycles. The Morgan fingerprint density at radius 3 is 2.08 bits per heavy atom. The van der Waals surface area contributed by atoms with Crippen LogP contribution in [0.5, 0.6) is 0 Å². The molecule has 0 heterocycles. The van der Waals surface area contributed by atoms with Crippen LogP contribution < -0.4 is 0 Å². The normalized spacial score (nSPS) is 25.5. The fourth-order valence-electron chi connectivity index (χ4n) is 1.52. The summed E-state index contributed by atoms with van der Waals surface area (Å²) in [6.07, 6.45) is -1.06. The molecule has 76 valence electrons. The van der Waals surface area contributed by atoms with Gasteiger partial charge in [-0.05, 0) is 12.8 Å². The molecule has 0 amide bonds. The molecule has 1 rings (SSSR count). The van der Waals surface area contributed by atoms with E-state index in [4.69, 9.17) is 9.84 Å². The molecule has 1 aliphatic carbocycles. The molecule has 0 aromatic rings. The summed E-state index contributed by atoms with van der Waals surface area (Å²) in [6.45, 7) is 0. The largest absolute Gasteiger partial charge is 0.479 e. The topological polar surface area (TPSA) is 46.5 Å². The molecule has 0 bridgehead atoms. The lowest BCUT2D eigenvalue weighted by Crippen LogP contribution is -2.46. The van der Waals surface area contributed by atoms with Crippen LogP contribution in [0, 0.1) is 0 Å². The lowest BCUT2D eigenvalue weighted by atomic mass is 9.82. The van der Waals surface area contributed by atoms with Crippen LogP contribution in [0.2, 0.25) is 0 Å². The number of halogens is 2. The maximum atomic E-state index is 12.7. The zero-order chi connectivity index (χ0) is 10.1. The molecular formula is C8H12F2O3. The highest BCUT2D eigenvalue weighted by Gasteiger charge is 2.48. The molecule has 1 aliphatic rings. The predicted octanol–water partition coefficient (Wildman–Crippen LogP) is 1.67. The standard InChI is InChI=1S/C8H12F2O3/c1-13-7(6(11)12)2-4-8(9,10)5-3-7/h2-5H2,1H3,(H,11,12). The van der Waals surface area contributed by atoms with Crippen LogP contribution in [0.25, 0.3) is 0 Å². The Kier molecular flexibility index (Phi) is 2.56. The average molecular weight is 194 g/mol. The first-order valence-corrected chi connectivity index (χ1v) is 4.08. The molecule has 5 heteroatoms. The van der Waals surface area contributed by atoms with Crippen LogP contribution in [-0.2, 0) is 9.53 Å². The molecule has 1 saturated carbocycles. The first-order chi connectivity index (χ1) is 5.92. The van der Waals surface area contributed by atoms with E-state index in [9.17, 15) is 13.6 Å². The Bertz CT molecular complexity index is 205. The Balaban J connectivity index is 2.69. The summed E-state index contributed by atoms with van der Waals surface area (Å²) in [7, 11) is 1.25. The van der Waals surface area contributed by atoms with Crippen LogP contribution in [0.3, 0.4) is 0 Å². The second-order valence-electron chi connectivity index (χ2n) is 3.36. The maximum absolute atomic E-state index is 12.7. The molecule has 1 fully saturated rings. The van der Waals surface area contributed by atoms with Crippen LogP contribution in [-0.4, -0.2) is 29.7 Å². The first-order valence-electron chi connectivity index (χ1n) is 4.08. The fourth-order valence-corrected chi connectivity index (χ4v) is 1.52. The number of methoxy groups -OCH3 is 1. The second-order valence-corrected chi connectivity index (χ2v) is 3.36. The number of carbonyl (C=O) groups is 1. The molecule has 0 atom stereocenters. The van der Waals surface area contributed by atoms with Crippen molar-refractivity contribution in [2.24, 2.45) is 0 Å². The summed E-state index contributed by atoms with van der Waals surface area (Å²) in [5, 5.41) is 8.79. The summed E-state index contributed by atoms with van der Waals surface area (Å²) in [5.74, 6) is -3.87. The van der Waals surface area contributed by atoms with E-state index in [1.165, 1.54) is 7.11 Å². The van der Waals surface area contributed by atoms with Crippen LogP contribution in [0.1, 0.15) is 25.7 Å². The van der Waals surface area contributed by atoms with Gasteiger partial charge >= 0.3 is 5.97 Å². The van der Waals surface area contributed by atoms with Gasteiger partial charge in [-0.2, -0.15) is 0 Å². The van der Waals surface area contributed by atoms with Gasteiger partial charge in [0.15, 0.2) is 5.60 Å². The summed E-state index contributed by atoms with van der Waals surface area (Å²) >= 11 is 0. The van der Waals surface area contributed by atoms with Crippen molar-refractivity contribution in [3.05, 3.63) is 0 Å². The van der Waals surface area contributed by atoms with E-state index in [1.54, 1.807) is 0 Å². The third-order valence-electron chi connectivity index (χ3n) is 2.57. The number of carboxylic acid groups (broad SMARTS) is 1. The molecule has 1 N–H and O–H groups in total. The summed E-state index contributed by atoms with van der Waals surface area (Å²) in [6, 6.07) is 0. The van der Waals surface area contributed by atoms with Gasteiger partial charge in [-0.25, -0.2) is 13.6 Å². The lowest BCUT2D eigenvalue weighted by molar-refractivity contribution is -0.176. The first kappa shape index (κ1) is 10.4. The van der Waals surface area contributed by atoms with Gasteiger partial charge in [-0.15, -0.1) is 0 Å². The van der Waals surface area contributed by atoms with E-state index in [0.29, 0.717) is 0 Å². The monoisotopic (exact) mass is 194 g/mol. The average Bonchev–Trinajstić information content (AvgIpc) is 2.05. The van der Waals surface area contributed by atoms with Crippen molar-refractivity contribution in [1.29, 1.82) is 0 Å². The van der Waals surface area contributed by atoms with Gasteiger partial charge in [0.1, 0.15) is 0 Å². The van der Waals surface area contributed by atoms with E-state index in [2.05, 4.69) is 0 Å². The van der Waals surface area contributed by atoms with Crippen molar-refractivity contribution >= 4 is 5.97 Å². The number of carboxylic acids is 1. The zero-order valence-electron chi connectivity index (χ0n) is 7.35. The second kappa shape index (κ2) is 3.21. The molecule has 0 saturated heterocycles. The van der Waals surface area contributed by atoms with Crippen molar-refractivity contribution in [3.8, 4) is 0 Å².